The summed E-state index contributed by atoms with van der Waals surface area (Å²) in [4.78, 5) is 11.3. The van der Waals surface area contributed by atoms with E-state index < -0.39 is 0 Å². The number of esters is 1. The molecule has 3 nitrogen and oxygen atoms in total. The van der Waals surface area contributed by atoms with Crippen LogP contribution in [0.2, 0.25) is 0 Å². The lowest BCUT2D eigenvalue weighted by Gasteiger charge is -2.12. The van der Waals surface area contributed by atoms with Crippen LogP contribution in [0.1, 0.15) is 23.6 Å². The standard InChI is InChI=1S/C14H18O3/c1-5-6-11-7-10(2)12(9-14(15)17-4)13(8-11)16-3/h5-8H,9H2,1-4H3/b6-5+. The summed E-state index contributed by atoms with van der Waals surface area (Å²) in [6.07, 6.45) is 4.20. The molecule has 0 amide bonds. The Morgan fingerprint density at radius 2 is 2.06 bits per heavy atom. The van der Waals surface area contributed by atoms with Gasteiger partial charge in [-0.1, -0.05) is 18.2 Å². The molecule has 0 fully saturated rings. The van der Waals surface area contributed by atoms with Crippen molar-refractivity contribution in [1.82, 2.24) is 0 Å². The Bertz CT molecular complexity index is 433. The first-order valence-electron chi connectivity index (χ1n) is 5.49. The van der Waals surface area contributed by atoms with E-state index in [1.807, 2.05) is 38.1 Å². The minimum absolute atomic E-state index is 0.238. The van der Waals surface area contributed by atoms with E-state index in [2.05, 4.69) is 4.74 Å². The van der Waals surface area contributed by atoms with Crippen molar-refractivity contribution in [3.05, 3.63) is 34.9 Å². The largest absolute Gasteiger partial charge is 0.496 e. The van der Waals surface area contributed by atoms with Gasteiger partial charge in [0.1, 0.15) is 5.75 Å². The van der Waals surface area contributed by atoms with Gasteiger partial charge in [-0.15, -0.1) is 0 Å². The molecule has 0 saturated heterocycles. The van der Waals surface area contributed by atoms with Gasteiger partial charge in [-0.2, -0.15) is 0 Å². The summed E-state index contributed by atoms with van der Waals surface area (Å²) >= 11 is 0. The predicted molar refractivity (Wildman–Crippen MR) is 68.2 cm³/mol. The lowest BCUT2D eigenvalue weighted by atomic mass is 10.0. The number of carbonyl (C=O) groups excluding carboxylic acids is 1. The molecule has 1 rings (SSSR count). The van der Waals surface area contributed by atoms with E-state index in [4.69, 9.17) is 4.74 Å². The van der Waals surface area contributed by atoms with Gasteiger partial charge in [-0.25, -0.2) is 0 Å². The third kappa shape index (κ3) is 3.34. The second kappa shape index (κ2) is 6.09. The monoisotopic (exact) mass is 234 g/mol. The number of carbonyl (C=O) groups is 1. The molecule has 0 heterocycles. The van der Waals surface area contributed by atoms with Crippen LogP contribution in [-0.2, 0) is 16.0 Å². The second-order valence-corrected chi connectivity index (χ2v) is 3.77. The Kier molecular flexibility index (Phi) is 4.76. The Morgan fingerprint density at radius 3 is 2.59 bits per heavy atom. The fourth-order valence-electron chi connectivity index (χ4n) is 1.73. The zero-order valence-corrected chi connectivity index (χ0v) is 10.7. The van der Waals surface area contributed by atoms with Gasteiger partial charge < -0.3 is 9.47 Å². The van der Waals surface area contributed by atoms with Crippen molar-refractivity contribution >= 4 is 12.0 Å². The molecule has 0 saturated carbocycles. The molecule has 0 atom stereocenters. The molecular weight excluding hydrogens is 216 g/mol. The van der Waals surface area contributed by atoms with Crippen molar-refractivity contribution in [1.29, 1.82) is 0 Å². The molecule has 92 valence electrons. The first-order valence-corrected chi connectivity index (χ1v) is 5.49. The molecule has 0 unspecified atom stereocenters. The van der Waals surface area contributed by atoms with Crippen LogP contribution in [0.15, 0.2) is 18.2 Å². The Morgan fingerprint density at radius 1 is 1.35 bits per heavy atom. The average Bonchev–Trinajstić information content (AvgIpc) is 2.32. The lowest BCUT2D eigenvalue weighted by molar-refractivity contribution is -0.139. The quantitative estimate of drug-likeness (QED) is 0.751. The maximum absolute atomic E-state index is 11.3. The summed E-state index contributed by atoms with van der Waals surface area (Å²) in [5.41, 5.74) is 2.98. The predicted octanol–water partition coefficient (Wildman–Crippen LogP) is 2.75. The van der Waals surface area contributed by atoms with Crippen molar-refractivity contribution in [3.63, 3.8) is 0 Å². The van der Waals surface area contributed by atoms with E-state index in [1.54, 1.807) is 7.11 Å². The molecule has 0 aliphatic heterocycles. The van der Waals surface area contributed by atoms with E-state index in [9.17, 15) is 4.79 Å². The summed E-state index contributed by atoms with van der Waals surface area (Å²) in [5.74, 6) is 0.466. The third-order valence-corrected chi connectivity index (χ3v) is 2.58. The number of benzene rings is 1. The van der Waals surface area contributed by atoms with Gasteiger partial charge in [0.25, 0.3) is 0 Å². The van der Waals surface area contributed by atoms with E-state index in [0.29, 0.717) is 0 Å². The van der Waals surface area contributed by atoms with Crippen molar-refractivity contribution in [3.8, 4) is 5.75 Å². The van der Waals surface area contributed by atoms with Gasteiger partial charge >= 0.3 is 5.97 Å². The van der Waals surface area contributed by atoms with E-state index in [1.165, 1.54) is 7.11 Å². The first kappa shape index (κ1) is 13.3. The zero-order valence-electron chi connectivity index (χ0n) is 10.7. The Hall–Kier alpha value is -1.77. The van der Waals surface area contributed by atoms with Crippen molar-refractivity contribution in [2.75, 3.05) is 14.2 Å². The molecule has 0 aliphatic rings. The molecule has 0 radical (unpaired) electrons. The highest BCUT2D eigenvalue weighted by Gasteiger charge is 2.12. The normalized spacial score (nSPS) is 10.6. The molecule has 1 aromatic carbocycles. The smallest absolute Gasteiger partial charge is 0.310 e. The number of hydrogen-bond acceptors (Lipinski definition) is 3. The Labute approximate surface area is 102 Å². The number of hydrogen-bond donors (Lipinski definition) is 0. The van der Waals surface area contributed by atoms with Crippen molar-refractivity contribution < 1.29 is 14.3 Å². The van der Waals surface area contributed by atoms with E-state index >= 15 is 0 Å². The summed E-state index contributed by atoms with van der Waals surface area (Å²) in [6.45, 7) is 3.93. The zero-order chi connectivity index (χ0) is 12.8. The highest BCUT2D eigenvalue weighted by atomic mass is 16.5. The SMILES string of the molecule is C/C=C/c1cc(C)c(CC(=O)OC)c(OC)c1. The van der Waals surface area contributed by atoms with Gasteiger partial charge in [0.15, 0.2) is 0 Å². The summed E-state index contributed by atoms with van der Waals surface area (Å²) in [5, 5.41) is 0. The second-order valence-electron chi connectivity index (χ2n) is 3.77. The minimum atomic E-state index is -0.259. The maximum atomic E-state index is 11.3. The van der Waals surface area contributed by atoms with Crippen LogP contribution in [0.3, 0.4) is 0 Å². The molecular formula is C14H18O3. The molecule has 0 aliphatic carbocycles. The summed E-state index contributed by atoms with van der Waals surface area (Å²) in [6, 6.07) is 3.95. The fourth-order valence-corrected chi connectivity index (χ4v) is 1.73. The molecule has 0 N–H and O–H groups in total. The number of aryl methyl sites for hydroxylation is 1. The third-order valence-electron chi connectivity index (χ3n) is 2.58. The van der Waals surface area contributed by atoms with Gasteiger partial charge in [0, 0.05) is 5.56 Å². The van der Waals surface area contributed by atoms with Crippen molar-refractivity contribution in [2.45, 2.75) is 20.3 Å². The summed E-state index contributed by atoms with van der Waals surface area (Å²) in [7, 11) is 2.99. The fraction of sp³-hybridized carbons (Fsp3) is 0.357. The molecule has 1 aromatic rings. The molecule has 3 heteroatoms. The molecule has 0 aromatic heterocycles. The van der Waals surface area contributed by atoms with Crippen LogP contribution >= 0.6 is 0 Å². The number of allylic oxidation sites excluding steroid dienone is 1. The highest BCUT2D eigenvalue weighted by molar-refractivity contribution is 5.74. The molecule has 17 heavy (non-hydrogen) atoms. The van der Waals surface area contributed by atoms with Gasteiger partial charge in [0.2, 0.25) is 0 Å². The van der Waals surface area contributed by atoms with E-state index in [0.717, 1.165) is 22.4 Å². The van der Waals surface area contributed by atoms with Gasteiger partial charge in [-0.3, -0.25) is 4.79 Å². The van der Waals surface area contributed by atoms with Crippen LogP contribution < -0.4 is 4.74 Å². The van der Waals surface area contributed by atoms with Crippen LogP contribution in [-0.4, -0.2) is 20.2 Å². The number of methoxy groups -OCH3 is 2. The van der Waals surface area contributed by atoms with Crippen LogP contribution in [0, 0.1) is 6.92 Å². The number of ether oxygens (including phenoxy) is 2. The molecule has 0 spiro atoms. The lowest BCUT2D eigenvalue weighted by Crippen LogP contribution is -2.07. The van der Waals surface area contributed by atoms with Gasteiger partial charge in [0.05, 0.1) is 20.6 Å². The minimum Gasteiger partial charge on any atom is -0.496 e. The van der Waals surface area contributed by atoms with Crippen LogP contribution in [0.5, 0.6) is 5.75 Å². The summed E-state index contributed by atoms with van der Waals surface area (Å²) < 4.78 is 9.99. The van der Waals surface area contributed by atoms with E-state index in [-0.39, 0.29) is 12.4 Å². The maximum Gasteiger partial charge on any atom is 0.310 e. The van der Waals surface area contributed by atoms with Gasteiger partial charge in [-0.05, 0) is 31.0 Å². The topological polar surface area (TPSA) is 35.5 Å². The van der Waals surface area contributed by atoms with Crippen molar-refractivity contribution in [2.24, 2.45) is 0 Å². The number of rotatable bonds is 4. The molecule has 0 bridgehead atoms. The average molecular weight is 234 g/mol. The first-order chi connectivity index (χ1) is 8.12. The van der Waals surface area contributed by atoms with Crippen LogP contribution in [0.25, 0.3) is 6.08 Å². The highest BCUT2D eigenvalue weighted by Crippen LogP contribution is 2.25. The van der Waals surface area contributed by atoms with Crippen LogP contribution in [0.4, 0.5) is 0 Å². The Balaban J connectivity index is 3.16.